The fourth-order valence-electron chi connectivity index (χ4n) is 3.70. The predicted molar refractivity (Wildman–Crippen MR) is 91.6 cm³/mol. The summed E-state index contributed by atoms with van der Waals surface area (Å²) in [6, 6.07) is 8.13. The Morgan fingerprint density at radius 2 is 1.95 bits per heavy atom. The van der Waals surface area contributed by atoms with Crippen molar-refractivity contribution in [2.24, 2.45) is 11.7 Å². The van der Waals surface area contributed by atoms with Crippen molar-refractivity contribution < 1.29 is 0 Å². The molecule has 0 aliphatic heterocycles. The van der Waals surface area contributed by atoms with Gasteiger partial charge in [-0.3, -0.25) is 4.90 Å². The lowest BCUT2D eigenvalue weighted by atomic mass is 9.74. The van der Waals surface area contributed by atoms with Crippen LogP contribution in [0, 0.1) is 5.92 Å². The Hall–Kier alpha value is -0.570. The lowest BCUT2D eigenvalue weighted by Gasteiger charge is -2.46. The van der Waals surface area contributed by atoms with E-state index in [1.165, 1.54) is 44.1 Å². The Kier molecular flexibility index (Phi) is 6.09. The number of hydrogen-bond donors (Lipinski definition) is 1. The zero-order chi connectivity index (χ0) is 15.3. The molecule has 0 aromatic heterocycles. The molecule has 0 amide bonds. The first kappa shape index (κ1) is 16.8. The second kappa shape index (κ2) is 7.62. The Bertz CT molecular complexity index is 439. The maximum absolute atomic E-state index is 6.30. The molecule has 2 rings (SSSR count). The minimum Gasteiger partial charge on any atom is -0.329 e. The number of hydrogen-bond acceptors (Lipinski definition) is 2. The van der Waals surface area contributed by atoms with E-state index in [0.29, 0.717) is 0 Å². The van der Waals surface area contributed by atoms with Crippen molar-refractivity contribution in [1.82, 2.24) is 4.90 Å². The van der Waals surface area contributed by atoms with Crippen LogP contribution in [0.25, 0.3) is 0 Å². The standard InChI is InChI=1S/C18H29ClN2/c1-3-6-15-9-11-18(14-20,12-10-15)21(2)13-16-7-4-5-8-17(16)19/h4-5,7-8,15H,3,6,9-14,20H2,1-2H3. The Labute approximate surface area is 134 Å². The van der Waals surface area contributed by atoms with Gasteiger partial charge in [0.1, 0.15) is 0 Å². The number of nitrogens with zero attached hydrogens (tertiary/aromatic N) is 1. The molecule has 3 heteroatoms. The van der Waals surface area contributed by atoms with Crippen molar-refractivity contribution in [1.29, 1.82) is 0 Å². The molecule has 1 fully saturated rings. The van der Waals surface area contributed by atoms with E-state index >= 15 is 0 Å². The molecule has 2 nitrogen and oxygen atoms in total. The van der Waals surface area contributed by atoms with Gasteiger partial charge < -0.3 is 5.73 Å². The van der Waals surface area contributed by atoms with Crippen molar-refractivity contribution in [2.75, 3.05) is 13.6 Å². The molecule has 1 saturated carbocycles. The maximum Gasteiger partial charge on any atom is 0.0451 e. The monoisotopic (exact) mass is 308 g/mol. The zero-order valence-electron chi connectivity index (χ0n) is 13.4. The van der Waals surface area contributed by atoms with Crippen molar-refractivity contribution >= 4 is 11.6 Å². The number of nitrogens with two attached hydrogens (primary N) is 1. The van der Waals surface area contributed by atoms with Gasteiger partial charge in [-0.25, -0.2) is 0 Å². The highest BCUT2D eigenvalue weighted by molar-refractivity contribution is 6.31. The minimum atomic E-state index is 0.156. The van der Waals surface area contributed by atoms with Crippen LogP contribution in [0.2, 0.25) is 5.02 Å². The molecule has 21 heavy (non-hydrogen) atoms. The van der Waals surface area contributed by atoms with Crippen LogP contribution in [0.1, 0.15) is 51.0 Å². The second-order valence-electron chi connectivity index (χ2n) is 6.61. The smallest absolute Gasteiger partial charge is 0.0451 e. The third kappa shape index (κ3) is 4.00. The van der Waals surface area contributed by atoms with Crippen molar-refractivity contribution in [3.8, 4) is 0 Å². The van der Waals surface area contributed by atoms with Gasteiger partial charge in [-0.2, -0.15) is 0 Å². The lowest BCUT2D eigenvalue weighted by molar-refractivity contribution is 0.0569. The van der Waals surface area contributed by atoms with E-state index in [4.69, 9.17) is 17.3 Å². The van der Waals surface area contributed by atoms with Gasteiger partial charge in [0.05, 0.1) is 0 Å². The number of likely N-dealkylation sites (N-methyl/N-ethyl adjacent to an activating group) is 1. The molecule has 118 valence electrons. The predicted octanol–water partition coefficient (Wildman–Crippen LogP) is 4.46. The summed E-state index contributed by atoms with van der Waals surface area (Å²) in [5, 5.41) is 0.858. The van der Waals surface area contributed by atoms with E-state index in [0.717, 1.165) is 24.0 Å². The van der Waals surface area contributed by atoms with E-state index < -0.39 is 0 Å². The van der Waals surface area contributed by atoms with Crippen LogP contribution >= 0.6 is 11.6 Å². The molecule has 0 saturated heterocycles. The molecular weight excluding hydrogens is 280 g/mol. The molecule has 0 unspecified atom stereocenters. The fourth-order valence-corrected chi connectivity index (χ4v) is 3.90. The summed E-state index contributed by atoms with van der Waals surface area (Å²) in [6.07, 6.45) is 7.74. The van der Waals surface area contributed by atoms with Gasteiger partial charge in [0.2, 0.25) is 0 Å². The van der Waals surface area contributed by atoms with Gasteiger partial charge in [-0.05, 0) is 50.3 Å². The van der Waals surface area contributed by atoms with Gasteiger partial charge >= 0.3 is 0 Å². The molecule has 0 atom stereocenters. The van der Waals surface area contributed by atoms with Crippen molar-refractivity contribution in [3.05, 3.63) is 34.9 Å². The highest BCUT2D eigenvalue weighted by Crippen LogP contribution is 2.38. The van der Waals surface area contributed by atoms with Crippen LogP contribution in [0.15, 0.2) is 24.3 Å². The number of rotatable bonds is 6. The van der Waals surface area contributed by atoms with Gasteiger partial charge in [0, 0.05) is 23.7 Å². The summed E-state index contributed by atoms with van der Waals surface area (Å²) in [6.45, 7) is 3.91. The first-order valence-electron chi connectivity index (χ1n) is 8.26. The minimum absolute atomic E-state index is 0.156. The van der Waals surface area contributed by atoms with Gasteiger partial charge in [0.15, 0.2) is 0 Å². The van der Waals surface area contributed by atoms with E-state index in [-0.39, 0.29) is 5.54 Å². The normalized spacial score (nSPS) is 26.2. The molecule has 0 heterocycles. The quantitative estimate of drug-likeness (QED) is 0.840. The van der Waals surface area contributed by atoms with Crippen molar-refractivity contribution in [3.63, 3.8) is 0 Å². The summed E-state index contributed by atoms with van der Waals surface area (Å²) in [5.41, 5.74) is 7.53. The zero-order valence-corrected chi connectivity index (χ0v) is 14.2. The molecule has 1 aliphatic carbocycles. The molecule has 1 aliphatic rings. The molecule has 0 bridgehead atoms. The number of benzene rings is 1. The molecule has 1 aromatic carbocycles. The highest BCUT2D eigenvalue weighted by Gasteiger charge is 2.37. The van der Waals surface area contributed by atoms with Crippen molar-refractivity contribution in [2.45, 2.75) is 57.5 Å². The van der Waals surface area contributed by atoms with E-state index in [1.54, 1.807) is 0 Å². The Balaban J connectivity index is 2.02. The molecular formula is C18H29ClN2. The van der Waals surface area contributed by atoms with E-state index in [1.807, 2.05) is 12.1 Å². The number of halogens is 1. The first-order chi connectivity index (χ1) is 10.1. The third-order valence-electron chi connectivity index (χ3n) is 5.29. The summed E-state index contributed by atoms with van der Waals surface area (Å²) < 4.78 is 0. The molecule has 0 radical (unpaired) electrons. The lowest BCUT2D eigenvalue weighted by Crippen LogP contribution is -2.53. The molecule has 1 aromatic rings. The summed E-state index contributed by atoms with van der Waals surface area (Å²) in [4.78, 5) is 2.44. The van der Waals surface area contributed by atoms with Crippen LogP contribution in [0.4, 0.5) is 0 Å². The van der Waals surface area contributed by atoms with Gasteiger partial charge in [-0.1, -0.05) is 49.6 Å². The second-order valence-corrected chi connectivity index (χ2v) is 7.02. The summed E-state index contributed by atoms with van der Waals surface area (Å²) >= 11 is 6.30. The first-order valence-corrected chi connectivity index (χ1v) is 8.64. The topological polar surface area (TPSA) is 29.3 Å². The maximum atomic E-state index is 6.30. The Morgan fingerprint density at radius 3 is 2.52 bits per heavy atom. The summed E-state index contributed by atoms with van der Waals surface area (Å²) in [7, 11) is 2.20. The largest absolute Gasteiger partial charge is 0.329 e. The SMILES string of the molecule is CCCC1CCC(CN)(N(C)Cc2ccccc2Cl)CC1. The average molecular weight is 309 g/mol. The molecule has 2 N–H and O–H groups in total. The highest BCUT2D eigenvalue weighted by atomic mass is 35.5. The van der Waals surface area contributed by atoms with Crippen LogP contribution in [0.3, 0.4) is 0 Å². The Morgan fingerprint density at radius 1 is 1.29 bits per heavy atom. The third-order valence-corrected chi connectivity index (χ3v) is 5.66. The van der Waals surface area contributed by atoms with Crippen LogP contribution in [-0.2, 0) is 6.54 Å². The van der Waals surface area contributed by atoms with Gasteiger partial charge in [0.25, 0.3) is 0 Å². The van der Waals surface area contributed by atoms with Crippen LogP contribution in [0.5, 0.6) is 0 Å². The average Bonchev–Trinajstić information content (AvgIpc) is 2.51. The van der Waals surface area contributed by atoms with E-state index in [9.17, 15) is 0 Å². The molecule has 0 spiro atoms. The fraction of sp³-hybridized carbons (Fsp3) is 0.667. The van der Waals surface area contributed by atoms with Crippen LogP contribution in [-0.4, -0.2) is 24.0 Å². The summed E-state index contributed by atoms with van der Waals surface area (Å²) in [5.74, 6) is 0.906. The van der Waals surface area contributed by atoms with E-state index in [2.05, 4.69) is 31.0 Å². The van der Waals surface area contributed by atoms with Crippen LogP contribution < -0.4 is 5.73 Å². The van der Waals surface area contributed by atoms with Gasteiger partial charge in [-0.15, -0.1) is 0 Å².